The number of halogens is 1. The monoisotopic (exact) mass is 398 g/mol. The summed E-state index contributed by atoms with van der Waals surface area (Å²) in [5.41, 5.74) is 5.79. The summed E-state index contributed by atoms with van der Waals surface area (Å²) in [5.74, 6) is -0.818. The SMILES string of the molecule is CC(=NNC(=O)c1cn(-c2ccccc2)nc1-c1ccccc1)c1ccccc1F. The molecule has 0 unspecified atom stereocenters. The van der Waals surface area contributed by atoms with Crippen LogP contribution in [0.1, 0.15) is 22.8 Å². The minimum absolute atomic E-state index is 0.334. The van der Waals surface area contributed by atoms with Gasteiger partial charge in [-0.15, -0.1) is 0 Å². The first-order valence-electron chi connectivity index (χ1n) is 9.43. The van der Waals surface area contributed by atoms with Crippen LogP contribution in [-0.4, -0.2) is 21.4 Å². The van der Waals surface area contributed by atoms with Crippen molar-refractivity contribution in [1.82, 2.24) is 15.2 Å². The lowest BCUT2D eigenvalue weighted by Crippen LogP contribution is -2.20. The summed E-state index contributed by atoms with van der Waals surface area (Å²) < 4.78 is 15.6. The molecule has 1 aromatic heterocycles. The van der Waals surface area contributed by atoms with Crippen molar-refractivity contribution in [3.8, 4) is 16.9 Å². The summed E-state index contributed by atoms with van der Waals surface area (Å²) in [6, 6.07) is 25.3. The highest BCUT2D eigenvalue weighted by Gasteiger charge is 2.18. The fourth-order valence-corrected chi connectivity index (χ4v) is 3.07. The Morgan fingerprint density at radius 1 is 0.900 bits per heavy atom. The Morgan fingerprint density at radius 3 is 2.23 bits per heavy atom. The van der Waals surface area contributed by atoms with Gasteiger partial charge in [0.25, 0.3) is 5.91 Å². The molecule has 1 amide bonds. The van der Waals surface area contributed by atoms with Crippen LogP contribution in [0.2, 0.25) is 0 Å². The zero-order chi connectivity index (χ0) is 20.9. The third-order valence-corrected chi connectivity index (χ3v) is 4.62. The number of carbonyl (C=O) groups excluding carboxylic acids is 1. The first kappa shape index (κ1) is 19.3. The van der Waals surface area contributed by atoms with E-state index in [1.54, 1.807) is 36.0 Å². The lowest BCUT2D eigenvalue weighted by Gasteiger charge is -2.04. The van der Waals surface area contributed by atoms with E-state index in [1.165, 1.54) is 6.07 Å². The van der Waals surface area contributed by atoms with E-state index in [0.717, 1.165) is 11.3 Å². The van der Waals surface area contributed by atoms with Gasteiger partial charge in [-0.05, 0) is 25.1 Å². The van der Waals surface area contributed by atoms with Crippen molar-refractivity contribution < 1.29 is 9.18 Å². The molecule has 1 heterocycles. The highest BCUT2D eigenvalue weighted by atomic mass is 19.1. The number of hydrazone groups is 1. The molecule has 0 saturated carbocycles. The Morgan fingerprint density at radius 2 is 1.53 bits per heavy atom. The molecule has 0 atom stereocenters. The average molecular weight is 398 g/mol. The maximum Gasteiger partial charge on any atom is 0.275 e. The predicted molar refractivity (Wildman–Crippen MR) is 115 cm³/mol. The molecule has 30 heavy (non-hydrogen) atoms. The lowest BCUT2D eigenvalue weighted by molar-refractivity contribution is 0.0955. The van der Waals surface area contributed by atoms with Gasteiger partial charge < -0.3 is 0 Å². The number of hydrogen-bond acceptors (Lipinski definition) is 3. The van der Waals surface area contributed by atoms with Crippen LogP contribution in [0, 0.1) is 5.82 Å². The predicted octanol–water partition coefficient (Wildman–Crippen LogP) is 4.83. The quantitative estimate of drug-likeness (QED) is 0.387. The molecule has 0 radical (unpaired) electrons. The van der Waals surface area contributed by atoms with Crippen molar-refractivity contribution >= 4 is 11.6 Å². The van der Waals surface area contributed by atoms with E-state index in [-0.39, 0.29) is 0 Å². The molecule has 3 aromatic carbocycles. The standard InChI is InChI=1S/C24H19FN4O/c1-17(20-14-8-9-15-22(20)25)26-27-24(30)21-16-29(19-12-6-3-7-13-19)28-23(21)18-10-4-2-5-11-18/h2-16H,1H3,(H,27,30). The molecule has 1 N–H and O–H groups in total. The molecule has 0 aliphatic rings. The average Bonchev–Trinajstić information content (AvgIpc) is 3.24. The molecule has 6 heteroatoms. The number of amides is 1. The second-order valence-electron chi connectivity index (χ2n) is 6.66. The normalized spacial score (nSPS) is 11.3. The largest absolute Gasteiger partial charge is 0.275 e. The molecule has 0 aliphatic heterocycles. The zero-order valence-electron chi connectivity index (χ0n) is 16.3. The van der Waals surface area contributed by atoms with Gasteiger partial charge in [0.1, 0.15) is 11.5 Å². The third-order valence-electron chi connectivity index (χ3n) is 4.62. The number of nitrogens with one attached hydrogen (secondary N) is 1. The molecule has 4 rings (SSSR count). The van der Waals surface area contributed by atoms with Gasteiger partial charge in [0.05, 0.1) is 17.0 Å². The van der Waals surface area contributed by atoms with E-state index in [9.17, 15) is 9.18 Å². The van der Waals surface area contributed by atoms with Gasteiger partial charge in [-0.25, -0.2) is 14.5 Å². The first-order chi connectivity index (χ1) is 14.6. The Bertz CT molecular complexity index is 1200. The smallest absolute Gasteiger partial charge is 0.267 e. The molecule has 0 saturated heterocycles. The van der Waals surface area contributed by atoms with E-state index in [4.69, 9.17) is 0 Å². The Labute approximate surface area is 173 Å². The van der Waals surface area contributed by atoms with Crippen molar-refractivity contribution in [2.45, 2.75) is 6.92 Å². The summed E-state index contributed by atoms with van der Waals surface area (Å²) >= 11 is 0. The molecular formula is C24H19FN4O. The molecule has 4 aromatic rings. The number of benzene rings is 3. The van der Waals surface area contributed by atoms with Gasteiger partial charge in [0.15, 0.2) is 0 Å². The number of para-hydroxylation sites is 1. The number of carbonyl (C=O) groups is 1. The molecule has 0 spiro atoms. The van der Waals surface area contributed by atoms with Crippen molar-refractivity contribution in [3.63, 3.8) is 0 Å². The molecule has 0 aliphatic carbocycles. The topological polar surface area (TPSA) is 59.3 Å². The van der Waals surface area contributed by atoms with Crippen molar-refractivity contribution in [2.24, 2.45) is 5.10 Å². The van der Waals surface area contributed by atoms with Crippen LogP contribution >= 0.6 is 0 Å². The van der Waals surface area contributed by atoms with Crippen molar-refractivity contribution in [3.05, 3.63) is 108 Å². The maximum atomic E-state index is 14.0. The Kier molecular flexibility index (Phi) is 5.48. The van der Waals surface area contributed by atoms with E-state index < -0.39 is 11.7 Å². The van der Waals surface area contributed by atoms with Gasteiger partial charge in [-0.1, -0.05) is 66.7 Å². The molecule has 0 bridgehead atoms. The fraction of sp³-hybridized carbons (Fsp3) is 0.0417. The highest BCUT2D eigenvalue weighted by Crippen LogP contribution is 2.23. The lowest BCUT2D eigenvalue weighted by atomic mass is 10.1. The number of nitrogens with zero attached hydrogens (tertiary/aromatic N) is 3. The van der Waals surface area contributed by atoms with E-state index >= 15 is 0 Å². The summed E-state index contributed by atoms with van der Waals surface area (Å²) in [5, 5.41) is 8.71. The van der Waals surface area contributed by atoms with E-state index in [1.807, 2.05) is 60.7 Å². The van der Waals surface area contributed by atoms with E-state index in [2.05, 4.69) is 15.6 Å². The van der Waals surface area contributed by atoms with Crippen LogP contribution in [-0.2, 0) is 0 Å². The summed E-state index contributed by atoms with van der Waals surface area (Å²) in [7, 11) is 0. The minimum atomic E-state index is -0.424. The highest BCUT2D eigenvalue weighted by molar-refractivity contribution is 6.03. The van der Waals surface area contributed by atoms with Crippen LogP contribution in [0.3, 0.4) is 0 Å². The zero-order valence-corrected chi connectivity index (χ0v) is 16.3. The molecule has 5 nitrogen and oxygen atoms in total. The van der Waals surface area contributed by atoms with Gasteiger partial charge in [-0.2, -0.15) is 10.2 Å². The number of aromatic nitrogens is 2. The van der Waals surface area contributed by atoms with E-state index in [0.29, 0.717) is 22.5 Å². The molecule has 0 fully saturated rings. The van der Waals surface area contributed by atoms with Gasteiger partial charge >= 0.3 is 0 Å². The molecule has 148 valence electrons. The van der Waals surface area contributed by atoms with Gasteiger partial charge in [0, 0.05) is 17.3 Å². The van der Waals surface area contributed by atoms with Crippen LogP contribution in [0.4, 0.5) is 4.39 Å². The third kappa shape index (κ3) is 4.03. The maximum absolute atomic E-state index is 14.0. The van der Waals surface area contributed by atoms with Crippen molar-refractivity contribution in [1.29, 1.82) is 0 Å². The Hall–Kier alpha value is -4.06. The van der Waals surface area contributed by atoms with Crippen LogP contribution in [0.25, 0.3) is 16.9 Å². The number of hydrogen-bond donors (Lipinski definition) is 1. The minimum Gasteiger partial charge on any atom is -0.267 e. The van der Waals surface area contributed by atoms with Gasteiger partial charge in [0.2, 0.25) is 0 Å². The second-order valence-corrected chi connectivity index (χ2v) is 6.66. The van der Waals surface area contributed by atoms with Crippen LogP contribution in [0.5, 0.6) is 0 Å². The summed E-state index contributed by atoms with van der Waals surface area (Å²) in [6.07, 6.45) is 1.67. The summed E-state index contributed by atoms with van der Waals surface area (Å²) in [6.45, 7) is 1.64. The summed E-state index contributed by atoms with van der Waals surface area (Å²) in [4.78, 5) is 12.9. The van der Waals surface area contributed by atoms with Crippen LogP contribution in [0.15, 0.2) is 96.2 Å². The number of rotatable bonds is 5. The second kappa shape index (κ2) is 8.53. The van der Waals surface area contributed by atoms with Crippen LogP contribution < -0.4 is 5.43 Å². The molecular weight excluding hydrogens is 379 g/mol. The van der Waals surface area contributed by atoms with Gasteiger partial charge in [-0.3, -0.25) is 4.79 Å². The first-order valence-corrected chi connectivity index (χ1v) is 9.43. The Balaban J connectivity index is 1.68. The fourth-order valence-electron chi connectivity index (χ4n) is 3.07. The van der Waals surface area contributed by atoms with Crippen molar-refractivity contribution in [2.75, 3.05) is 0 Å².